The molecule has 1 amide bonds. The topological polar surface area (TPSA) is 95.4 Å². The Labute approximate surface area is 143 Å². The molecule has 0 radical (unpaired) electrons. The van der Waals surface area contributed by atoms with Crippen LogP contribution >= 0.6 is 11.3 Å². The van der Waals surface area contributed by atoms with Crippen molar-refractivity contribution in [2.45, 2.75) is 44.7 Å². The molecule has 2 aromatic rings. The highest BCUT2D eigenvalue weighted by molar-refractivity contribution is 7.16. The molecule has 0 spiro atoms. The Morgan fingerprint density at radius 3 is 3.08 bits per heavy atom. The van der Waals surface area contributed by atoms with E-state index >= 15 is 0 Å². The predicted octanol–water partition coefficient (Wildman–Crippen LogP) is 2.03. The predicted molar refractivity (Wildman–Crippen MR) is 92.3 cm³/mol. The molecule has 1 saturated heterocycles. The highest BCUT2D eigenvalue weighted by atomic mass is 32.1. The summed E-state index contributed by atoms with van der Waals surface area (Å²) in [6, 6.07) is 0.734. The molecule has 2 aromatic heterocycles. The first kappa shape index (κ1) is 16.6. The number of amides is 1. The summed E-state index contributed by atoms with van der Waals surface area (Å²) >= 11 is 1.54. The highest BCUT2D eigenvalue weighted by Gasteiger charge is 2.34. The second-order valence-electron chi connectivity index (χ2n) is 5.88. The Morgan fingerprint density at radius 2 is 2.33 bits per heavy atom. The molecule has 0 saturated carbocycles. The highest BCUT2D eigenvalue weighted by Crippen LogP contribution is 2.31. The molecule has 3 rings (SSSR count). The van der Waals surface area contributed by atoms with Gasteiger partial charge >= 0.3 is 5.97 Å². The quantitative estimate of drug-likeness (QED) is 0.829. The normalized spacial score (nSPS) is 18.7. The second-order valence-corrected chi connectivity index (χ2v) is 6.77. The number of thiophene rings is 1. The van der Waals surface area contributed by atoms with Gasteiger partial charge in [0.1, 0.15) is 29.1 Å². The number of fused-ring (bicyclic) bond motifs is 1. The van der Waals surface area contributed by atoms with Crippen molar-refractivity contribution in [3.8, 4) is 0 Å². The maximum Gasteiger partial charge on any atom is 0.326 e. The Hall–Kier alpha value is -2.22. The van der Waals surface area contributed by atoms with Crippen molar-refractivity contribution in [2.75, 3.05) is 11.4 Å². The number of carbonyl (C=O) groups is 2. The number of carboxylic acid groups (broad SMARTS) is 1. The summed E-state index contributed by atoms with van der Waals surface area (Å²) in [6.45, 7) is 2.63. The number of hydrogen-bond acceptors (Lipinski definition) is 6. The van der Waals surface area contributed by atoms with Crippen LogP contribution in [0, 0.1) is 0 Å². The number of nitrogens with one attached hydrogen (secondary N) is 1. The zero-order valence-electron chi connectivity index (χ0n) is 13.4. The number of nitrogens with zero attached hydrogens (tertiary/aromatic N) is 3. The average molecular weight is 348 g/mol. The van der Waals surface area contributed by atoms with Crippen LogP contribution in [0.1, 0.15) is 32.6 Å². The molecule has 0 aliphatic carbocycles. The first-order chi connectivity index (χ1) is 11.6. The first-order valence-electron chi connectivity index (χ1n) is 8.09. The van der Waals surface area contributed by atoms with E-state index in [0.717, 1.165) is 29.0 Å². The molecule has 2 unspecified atom stereocenters. The van der Waals surface area contributed by atoms with Crippen LogP contribution in [-0.4, -0.2) is 45.6 Å². The van der Waals surface area contributed by atoms with Crippen LogP contribution in [0.4, 0.5) is 5.82 Å². The van der Waals surface area contributed by atoms with Crippen molar-refractivity contribution in [2.24, 2.45) is 0 Å². The summed E-state index contributed by atoms with van der Waals surface area (Å²) in [5, 5.41) is 14.8. The van der Waals surface area contributed by atoms with E-state index in [2.05, 4.69) is 15.3 Å². The summed E-state index contributed by atoms with van der Waals surface area (Å²) in [5.74, 6) is -0.478. The van der Waals surface area contributed by atoms with Gasteiger partial charge in [-0.2, -0.15) is 0 Å². The molecule has 7 nitrogen and oxygen atoms in total. The molecule has 8 heteroatoms. The lowest BCUT2D eigenvalue weighted by Crippen LogP contribution is -2.49. The molecular weight excluding hydrogens is 328 g/mol. The molecular formula is C16H20N4O3S. The number of rotatable bonds is 6. The minimum absolute atomic E-state index is 0.240. The number of aromatic nitrogens is 2. The minimum Gasteiger partial charge on any atom is -0.480 e. The Kier molecular flexibility index (Phi) is 4.94. The van der Waals surface area contributed by atoms with Gasteiger partial charge in [-0.15, -0.1) is 11.3 Å². The van der Waals surface area contributed by atoms with Gasteiger partial charge in [0.15, 0.2) is 0 Å². The van der Waals surface area contributed by atoms with Crippen molar-refractivity contribution >= 4 is 39.2 Å². The van der Waals surface area contributed by atoms with Crippen molar-refractivity contribution < 1.29 is 14.7 Å². The molecule has 2 atom stereocenters. The van der Waals surface area contributed by atoms with Gasteiger partial charge in [0.25, 0.3) is 0 Å². The fourth-order valence-corrected chi connectivity index (χ4v) is 3.84. The number of carbonyl (C=O) groups excluding carboxylic acids is 1. The summed E-state index contributed by atoms with van der Waals surface area (Å²) in [5.41, 5.74) is 0. The largest absolute Gasteiger partial charge is 0.480 e. The molecule has 1 fully saturated rings. The van der Waals surface area contributed by atoms with Gasteiger partial charge in [-0.25, -0.2) is 14.8 Å². The molecule has 0 bridgehead atoms. The average Bonchev–Trinajstić information content (AvgIpc) is 3.22. The van der Waals surface area contributed by atoms with Crippen molar-refractivity contribution in [1.29, 1.82) is 0 Å². The monoisotopic (exact) mass is 348 g/mol. The maximum atomic E-state index is 12.6. The van der Waals surface area contributed by atoms with Gasteiger partial charge in [0.2, 0.25) is 5.91 Å². The molecule has 3 heterocycles. The van der Waals surface area contributed by atoms with E-state index in [-0.39, 0.29) is 11.9 Å². The standard InChI is InChI=1S/C16H20N4O3S/c1-2-4-11(16(22)23)19-14(21)12-5-3-7-20(12)13-10-6-8-24-15(10)18-9-17-13/h6,8-9,11-12H,2-5,7H2,1H3,(H,19,21)(H,22,23). The van der Waals surface area contributed by atoms with E-state index < -0.39 is 12.0 Å². The zero-order chi connectivity index (χ0) is 17.1. The Morgan fingerprint density at radius 1 is 1.50 bits per heavy atom. The maximum absolute atomic E-state index is 12.6. The van der Waals surface area contributed by atoms with Crippen LogP contribution in [0.3, 0.4) is 0 Å². The summed E-state index contributed by atoms with van der Waals surface area (Å²) in [6.07, 6.45) is 4.21. The third kappa shape index (κ3) is 3.19. The third-order valence-electron chi connectivity index (χ3n) is 4.26. The number of carboxylic acids is 1. The van der Waals surface area contributed by atoms with Crippen LogP contribution in [0.5, 0.6) is 0 Å². The van der Waals surface area contributed by atoms with Crippen LogP contribution in [0.25, 0.3) is 10.2 Å². The number of hydrogen-bond donors (Lipinski definition) is 2. The smallest absolute Gasteiger partial charge is 0.326 e. The number of anilines is 1. The van der Waals surface area contributed by atoms with Crippen LogP contribution in [-0.2, 0) is 9.59 Å². The molecule has 24 heavy (non-hydrogen) atoms. The van der Waals surface area contributed by atoms with Crippen molar-refractivity contribution in [3.63, 3.8) is 0 Å². The van der Waals surface area contributed by atoms with Gasteiger partial charge in [0, 0.05) is 6.54 Å². The summed E-state index contributed by atoms with van der Waals surface area (Å²) in [4.78, 5) is 35.4. The van der Waals surface area contributed by atoms with E-state index in [1.54, 1.807) is 0 Å². The molecule has 128 valence electrons. The lowest BCUT2D eigenvalue weighted by molar-refractivity contribution is -0.142. The number of aliphatic carboxylic acids is 1. The van der Waals surface area contributed by atoms with Gasteiger partial charge in [-0.3, -0.25) is 4.79 Å². The first-order valence-corrected chi connectivity index (χ1v) is 8.97. The van der Waals surface area contributed by atoms with Gasteiger partial charge in [0.05, 0.1) is 5.39 Å². The Bertz CT molecular complexity index is 748. The molecule has 2 N–H and O–H groups in total. The van der Waals surface area contributed by atoms with E-state index in [9.17, 15) is 14.7 Å². The SMILES string of the molecule is CCCC(NC(=O)C1CCCN1c1ncnc2sccc12)C(=O)O. The lowest BCUT2D eigenvalue weighted by Gasteiger charge is -2.26. The van der Waals surface area contributed by atoms with Crippen LogP contribution in [0.15, 0.2) is 17.8 Å². The van der Waals surface area contributed by atoms with Crippen molar-refractivity contribution in [1.82, 2.24) is 15.3 Å². The second kappa shape index (κ2) is 7.12. The Balaban J connectivity index is 1.81. The fourth-order valence-electron chi connectivity index (χ4n) is 3.11. The summed E-state index contributed by atoms with van der Waals surface area (Å²) < 4.78 is 0. The fraction of sp³-hybridized carbons (Fsp3) is 0.500. The van der Waals surface area contributed by atoms with E-state index in [0.29, 0.717) is 19.3 Å². The molecule has 1 aliphatic heterocycles. The molecule has 1 aliphatic rings. The van der Waals surface area contributed by atoms with Crippen LogP contribution in [0.2, 0.25) is 0 Å². The van der Waals surface area contributed by atoms with Crippen LogP contribution < -0.4 is 10.2 Å². The van der Waals surface area contributed by atoms with Gasteiger partial charge in [-0.05, 0) is 30.7 Å². The third-order valence-corrected chi connectivity index (χ3v) is 5.08. The van der Waals surface area contributed by atoms with E-state index in [4.69, 9.17) is 0 Å². The lowest BCUT2D eigenvalue weighted by atomic mass is 10.1. The summed E-state index contributed by atoms with van der Waals surface area (Å²) in [7, 11) is 0. The van der Waals surface area contributed by atoms with Gasteiger partial charge in [-0.1, -0.05) is 13.3 Å². The van der Waals surface area contributed by atoms with Gasteiger partial charge < -0.3 is 15.3 Å². The zero-order valence-corrected chi connectivity index (χ0v) is 14.3. The molecule has 0 aromatic carbocycles. The van der Waals surface area contributed by atoms with E-state index in [1.807, 2.05) is 23.3 Å². The van der Waals surface area contributed by atoms with E-state index in [1.165, 1.54) is 17.7 Å². The minimum atomic E-state index is -0.989. The van der Waals surface area contributed by atoms with Crippen molar-refractivity contribution in [3.05, 3.63) is 17.8 Å².